The van der Waals surface area contributed by atoms with E-state index in [1.165, 1.54) is 17.1 Å². The van der Waals surface area contributed by atoms with Gasteiger partial charge in [0, 0.05) is 25.2 Å². The van der Waals surface area contributed by atoms with E-state index in [0.717, 1.165) is 0 Å². The van der Waals surface area contributed by atoms with Crippen LogP contribution in [-0.2, 0) is 16.0 Å². The van der Waals surface area contributed by atoms with Crippen LogP contribution >= 0.6 is 0 Å². The van der Waals surface area contributed by atoms with Gasteiger partial charge in [0.25, 0.3) is 0 Å². The highest BCUT2D eigenvalue weighted by atomic mass is 16.5. The van der Waals surface area contributed by atoms with Gasteiger partial charge in [-0.1, -0.05) is 0 Å². The second kappa shape index (κ2) is 6.39. The molecule has 1 aromatic heterocycles. The topological polar surface area (TPSA) is 76.8 Å². The number of Topliss-reactive ketones (excluding diaryl/α,β-unsaturated/α-hetero) is 1. The third-order valence-electron chi connectivity index (χ3n) is 4.02. The van der Waals surface area contributed by atoms with Gasteiger partial charge in [0.15, 0.2) is 0 Å². The quantitative estimate of drug-likeness (QED) is 0.799. The molecule has 25 heavy (non-hydrogen) atoms. The fourth-order valence-corrected chi connectivity index (χ4v) is 2.60. The van der Waals surface area contributed by atoms with Gasteiger partial charge in [-0.2, -0.15) is 0 Å². The summed E-state index contributed by atoms with van der Waals surface area (Å²) in [6.07, 6.45) is 2.87. The largest absolute Gasteiger partial charge is 0.496 e. The zero-order chi connectivity index (χ0) is 18.1. The van der Waals surface area contributed by atoms with E-state index in [-0.39, 0.29) is 17.9 Å². The molecule has 0 saturated carbocycles. The molecule has 0 fully saturated rings. The Hall–Kier alpha value is -3.15. The Kier molecular flexibility index (Phi) is 4.27. The zero-order valence-corrected chi connectivity index (χ0v) is 14.2. The van der Waals surface area contributed by atoms with Gasteiger partial charge < -0.3 is 14.1 Å². The van der Waals surface area contributed by atoms with Crippen molar-refractivity contribution in [3.05, 3.63) is 47.2 Å². The van der Waals surface area contributed by atoms with E-state index in [4.69, 9.17) is 9.15 Å². The summed E-state index contributed by atoms with van der Waals surface area (Å²) in [6.45, 7) is 0. The number of ether oxygens (including phenoxy) is 1. The van der Waals surface area contributed by atoms with Crippen LogP contribution in [0.5, 0.6) is 5.75 Å². The average Bonchev–Trinajstić information content (AvgIpc) is 3.03. The van der Waals surface area contributed by atoms with Gasteiger partial charge in [-0.25, -0.2) is 0 Å². The van der Waals surface area contributed by atoms with E-state index in [1.807, 2.05) is 0 Å². The lowest BCUT2D eigenvalue weighted by molar-refractivity contribution is -0.128. The lowest BCUT2D eigenvalue weighted by Gasteiger charge is -2.13. The highest BCUT2D eigenvalue weighted by molar-refractivity contribution is 6.49. The number of hydrogen-bond acceptors (Lipinski definition) is 5. The van der Waals surface area contributed by atoms with Crippen molar-refractivity contribution in [2.24, 2.45) is 0 Å². The standard InChI is InChI=1S/C19H17NO5/c1-20(2)18(22)9-12-8-11(4-6-15(12)24-3)17-10-13-16(25-17)7-5-14(21)19(13)23/h4-8,10H,9H2,1-3H3. The third-order valence-corrected chi connectivity index (χ3v) is 4.02. The molecule has 0 radical (unpaired) electrons. The van der Waals surface area contributed by atoms with E-state index in [0.29, 0.717) is 28.4 Å². The summed E-state index contributed by atoms with van der Waals surface area (Å²) < 4.78 is 11.0. The highest BCUT2D eigenvalue weighted by Gasteiger charge is 2.25. The molecule has 128 valence electrons. The molecular weight excluding hydrogens is 322 g/mol. The van der Waals surface area contributed by atoms with Crippen LogP contribution in [0.1, 0.15) is 21.7 Å². The molecule has 6 nitrogen and oxygen atoms in total. The molecule has 0 N–H and O–H groups in total. The molecule has 1 amide bonds. The average molecular weight is 339 g/mol. The third kappa shape index (κ3) is 3.10. The van der Waals surface area contributed by atoms with Crippen molar-refractivity contribution in [2.45, 2.75) is 6.42 Å². The van der Waals surface area contributed by atoms with E-state index in [2.05, 4.69) is 0 Å². The maximum Gasteiger partial charge on any atom is 0.236 e. The number of likely N-dealkylation sites (N-methyl/N-ethyl adjacent to an activating group) is 1. The van der Waals surface area contributed by atoms with Crippen molar-refractivity contribution in [3.8, 4) is 17.1 Å². The summed E-state index contributed by atoms with van der Waals surface area (Å²) in [5.74, 6) is 0.218. The molecule has 1 aromatic carbocycles. The molecular formula is C19H17NO5. The van der Waals surface area contributed by atoms with Gasteiger partial charge in [0.1, 0.15) is 17.3 Å². The SMILES string of the molecule is COc1ccc(-c2cc3c(o2)C=CC(=O)C3=O)cc1CC(=O)N(C)C. The summed E-state index contributed by atoms with van der Waals surface area (Å²) >= 11 is 0. The molecule has 1 aliphatic rings. The number of ketones is 2. The minimum absolute atomic E-state index is 0.0575. The second-order valence-corrected chi connectivity index (χ2v) is 5.91. The summed E-state index contributed by atoms with van der Waals surface area (Å²) in [7, 11) is 4.92. The van der Waals surface area contributed by atoms with Crippen molar-refractivity contribution in [3.63, 3.8) is 0 Å². The summed E-state index contributed by atoms with van der Waals surface area (Å²) in [5.41, 5.74) is 1.67. The van der Waals surface area contributed by atoms with Gasteiger partial charge in [-0.15, -0.1) is 0 Å². The Labute approximate surface area is 144 Å². The first kappa shape index (κ1) is 16.7. The van der Waals surface area contributed by atoms with Crippen molar-refractivity contribution in [2.75, 3.05) is 21.2 Å². The highest BCUT2D eigenvalue weighted by Crippen LogP contribution is 2.32. The number of rotatable bonds is 4. The number of furan rings is 1. The number of carbonyl (C=O) groups excluding carboxylic acids is 3. The van der Waals surface area contributed by atoms with Gasteiger partial charge in [0.05, 0.1) is 19.1 Å². The van der Waals surface area contributed by atoms with Crippen LogP contribution in [0.25, 0.3) is 17.4 Å². The maximum atomic E-state index is 12.0. The van der Waals surface area contributed by atoms with Crippen molar-refractivity contribution in [1.29, 1.82) is 0 Å². The molecule has 1 aliphatic carbocycles. The number of carbonyl (C=O) groups is 3. The van der Waals surface area contributed by atoms with Gasteiger partial charge >= 0.3 is 0 Å². The van der Waals surface area contributed by atoms with Crippen LogP contribution in [0.15, 0.2) is 34.8 Å². The van der Waals surface area contributed by atoms with Crippen LogP contribution in [0, 0.1) is 0 Å². The molecule has 6 heteroatoms. The number of amides is 1. The first-order valence-corrected chi connectivity index (χ1v) is 7.68. The number of nitrogens with zero attached hydrogens (tertiary/aromatic N) is 1. The summed E-state index contributed by atoms with van der Waals surface area (Å²) in [4.78, 5) is 36.9. The fraction of sp³-hybridized carbons (Fsp3) is 0.211. The smallest absolute Gasteiger partial charge is 0.236 e. The van der Waals surface area contributed by atoms with Crippen molar-refractivity contribution >= 4 is 23.5 Å². The van der Waals surface area contributed by atoms with E-state index in [9.17, 15) is 14.4 Å². The number of methoxy groups -OCH3 is 1. The molecule has 1 heterocycles. The summed E-state index contributed by atoms with van der Waals surface area (Å²) in [6, 6.07) is 6.87. The predicted molar refractivity (Wildman–Crippen MR) is 91.5 cm³/mol. The van der Waals surface area contributed by atoms with E-state index in [1.54, 1.807) is 45.5 Å². The molecule has 0 atom stereocenters. The molecule has 0 bridgehead atoms. The van der Waals surface area contributed by atoms with Crippen LogP contribution in [-0.4, -0.2) is 43.6 Å². The lowest BCUT2D eigenvalue weighted by Crippen LogP contribution is -2.23. The second-order valence-electron chi connectivity index (χ2n) is 5.91. The van der Waals surface area contributed by atoms with Crippen molar-refractivity contribution in [1.82, 2.24) is 4.90 Å². The Bertz CT molecular complexity index is 905. The van der Waals surface area contributed by atoms with Gasteiger partial charge in [-0.3, -0.25) is 14.4 Å². The van der Waals surface area contributed by atoms with Crippen LogP contribution in [0.3, 0.4) is 0 Å². The van der Waals surface area contributed by atoms with Crippen LogP contribution in [0.2, 0.25) is 0 Å². The minimum atomic E-state index is -0.580. The molecule has 3 rings (SSSR count). The minimum Gasteiger partial charge on any atom is -0.496 e. The zero-order valence-electron chi connectivity index (χ0n) is 14.2. The first-order valence-electron chi connectivity index (χ1n) is 7.68. The maximum absolute atomic E-state index is 12.0. The molecule has 0 saturated heterocycles. The Morgan fingerprint density at radius 3 is 2.60 bits per heavy atom. The fourth-order valence-electron chi connectivity index (χ4n) is 2.60. The Morgan fingerprint density at radius 2 is 1.92 bits per heavy atom. The monoisotopic (exact) mass is 339 g/mol. The molecule has 0 aliphatic heterocycles. The van der Waals surface area contributed by atoms with Crippen LogP contribution in [0.4, 0.5) is 0 Å². The normalized spacial score (nSPS) is 12.9. The van der Waals surface area contributed by atoms with E-state index < -0.39 is 11.6 Å². The predicted octanol–water partition coefficient (Wildman–Crippen LogP) is 2.36. The molecule has 0 spiro atoms. The molecule has 2 aromatic rings. The van der Waals surface area contributed by atoms with Crippen molar-refractivity contribution < 1.29 is 23.5 Å². The number of hydrogen-bond donors (Lipinski definition) is 0. The van der Waals surface area contributed by atoms with Gasteiger partial charge in [0.2, 0.25) is 17.5 Å². The van der Waals surface area contributed by atoms with E-state index >= 15 is 0 Å². The summed E-state index contributed by atoms with van der Waals surface area (Å²) in [5, 5.41) is 0. The molecule has 0 unspecified atom stereocenters. The number of benzene rings is 1. The first-order chi connectivity index (χ1) is 11.9. The number of fused-ring (bicyclic) bond motifs is 1. The Morgan fingerprint density at radius 1 is 1.16 bits per heavy atom. The lowest BCUT2D eigenvalue weighted by atomic mass is 10.0. The van der Waals surface area contributed by atoms with Gasteiger partial charge in [-0.05, 0) is 36.4 Å². The number of allylic oxidation sites excluding steroid dienone is 1. The van der Waals surface area contributed by atoms with Crippen LogP contribution < -0.4 is 4.74 Å². The Balaban J connectivity index is 2.00.